The van der Waals surface area contributed by atoms with Gasteiger partial charge in [-0.1, -0.05) is 12.1 Å². The number of imidazole rings is 1. The molecule has 1 saturated heterocycles. The highest BCUT2D eigenvalue weighted by Gasteiger charge is 2.32. The van der Waals surface area contributed by atoms with Gasteiger partial charge in [0.15, 0.2) is 5.82 Å². The second-order valence-electron chi connectivity index (χ2n) is 10.7. The van der Waals surface area contributed by atoms with Crippen molar-refractivity contribution in [2.75, 3.05) is 37.7 Å². The number of carbonyl (C=O) groups excluding carboxylic acids is 2. The number of piperidine rings is 1. The van der Waals surface area contributed by atoms with Gasteiger partial charge in [-0.3, -0.25) is 13.9 Å². The molecule has 3 aromatic carbocycles. The van der Waals surface area contributed by atoms with Crippen LogP contribution in [0.2, 0.25) is 0 Å². The van der Waals surface area contributed by atoms with E-state index in [2.05, 4.69) is 15.3 Å². The molecule has 0 aliphatic carbocycles. The van der Waals surface area contributed by atoms with Crippen molar-refractivity contribution in [3.8, 4) is 11.3 Å². The molecular weight excluding hydrogens is 573 g/mol. The second kappa shape index (κ2) is 10.8. The van der Waals surface area contributed by atoms with Gasteiger partial charge in [-0.05, 0) is 60.9 Å². The van der Waals surface area contributed by atoms with Gasteiger partial charge >= 0.3 is 0 Å². The van der Waals surface area contributed by atoms with Gasteiger partial charge in [-0.2, -0.15) is 0 Å². The molecule has 0 bridgehead atoms. The summed E-state index contributed by atoms with van der Waals surface area (Å²) >= 11 is 0. The summed E-state index contributed by atoms with van der Waals surface area (Å²) < 4.78 is 46.5. The first-order chi connectivity index (χ1) is 20.5. The number of fused-ring (bicyclic) bond motifs is 2. The third-order valence-electron chi connectivity index (χ3n) is 7.97. The minimum atomic E-state index is -3.68. The van der Waals surface area contributed by atoms with Crippen LogP contribution in [0.4, 0.5) is 10.1 Å². The lowest BCUT2D eigenvalue weighted by Gasteiger charge is -2.34. The average Bonchev–Trinajstić information content (AvgIpc) is 3.61. The molecule has 1 aliphatic heterocycles. The lowest BCUT2D eigenvalue weighted by Crippen LogP contribution is -2.40. The van der Waals surface area contributed by atoms with Crippen molar-refractivity contribution in [3.63, 3.8) is 0 Å². The van der Waals surface area contributed by atoms with Crippen LogP contribution in [-0.4, -0.2) is 68.5 Å². The Morgan fingerprint density at radius 3 is 2.58 bits per heavy atom. The van der Waals surface area contributed by atoms with Crippen LogP contribution in [0.5, 0.6) is 0 Å². The highest BCUT2D eigenvalue weighted by molar-refractivity contribution is 7.92. The summed E-state index contributed by atoms with van der Waals surface area (Å²) in [5.41, 5.74) is 3.57. The van der Waals surface area contributed by atoms with Crippen molar-refractivity contribution in [1.82, 2.24) is 20.2 Å². The maximum Gasteiger partial charge on any atom is 0.289 e. The molecule has 2 N–H and O–H groups in total. The Labute approximate surface area is 247 Å². The van der Waals surface area contributed by atoms with Crippen molar-refractivity contribution in [3.05, 3.63) is 83.4 Å². The standard InChI is InChI=1S/C31H30FN5O5S/c1-33-30(38)27-22-15-21(19-7-6-14-37(17-19)31(39)29-34-23-8-4-5-9-24(23)35-29)25(36(2)43(3,40)41)16-26(22)42-28(27)18-10-12-20(32)13-11-18/h4-5,8-13,15-16,19H,6-7,14,17H2,1-3H3,(H,33,38)(H,34,35)/t19-/m0/s1. The third-order valence-corrected chi connectivity index (χ3v) is 9.17. The molecule has 12 heteroatoms. The molecule has 222 valence electrons. The lowest BCUT2D eigenvalue weighted by atomic mass is 9.88. The van der Waals surface area contributed by atoms with Gasteiger partial charge in [0, 0.05) is 50.1 Å². The minimum Gasteiger partial charge on any atom is -0.455 e. The molecule has 1 atom stereocenters. The Morgan fingerprint density at radius 1 is 1.14 bits per heavy atom. The molecule has 2 amide bonds. The molecular formula is C31H30FN5O5S. The van der Waals surface area contributed by atoms with Crippen LogP contribution < -0.4 is 9.62 Å². The molecule has 10 nitrogen and oxygen atoms in total. The van der Waals surface area contributed by atoms with Crippen LogP contribution in [0.15, 0.2) is 65.1 Å². The summed E-state index contributed by atoms with van der Waals surface area (Å²) in [6.45, 7) is 0.847. The molecule has 0 radical (unpaired) electrons. The predicted molar refractivity (Wildman–Crippen MR) is 162 cm³/mol. The molecule has 0 saturated carbocycles. The van der Waals surface area contributed by atoms with E-state index in [-0.39, 0.29) is 29.0 Å². The third kappa shape index (κ3) is 5.22. The number of nitrogens with one attached hydrogen (secondary N) is 2. The van der Waals surface area contributed by atoms with E-state index in [1.165, 1.54) is 42.7 Å². The number of anilines is 1. The van der Waals surface area contributed by atoms with Gasteiger partial charge in [0.2, 0.25) is 10.0 Å². The summed E-state index contributed by atoms with van der Waals surface area (Å²) in [6.07, 6.45) is 2.49. The summed E-state index contributed by atoms with van der Waals surface area (Å²) in [7, 11) is -0.713. The van der Waals surface area contributed by atoms with Crippen LogP contribution in [0.25, 0.3) is 33.3 Å². The fourth-order valence-electron chi connectivity index (χ4n) is 5.70. The van der Waals surface area contributed by atoms with Gasteiger partial charge < -0.3 is 19.6 Å². The largest absolute Gasteiger partial charge is 0.455 e. The number of likely N-dealkylation sites (tertiary alicyclic amines) is 1. The monoisotopic (exact) mass is 603 g/mol. The van der Waals surface area contributed by atoms with Gasteiger partial charge in [0.05, 0.1) is 28.5 Å². The van der Waals surface area contributed by atoms with E-state index in [9.17, 15) is 22.4 Å². The van der Waals surface area contributed by atoms with E-state index in [4.69, 9.17) is 4.42 Å². The number of hydrogen-bond donors (Lipinski definition) is 2. The van der Waals surface area contributed by atoms with E-state index in [0.717, 1.165) is 11.8 Å². The zero-order valence-corrected chi connectivity index (χ0v) is 24.7. The zero-order chi connectivity index (χ0) is 30.5. The smallest absolute Gasteiger partial charge is 0.289 e. The number of hydrogen-bond acceptors (Lipinski definition) is 6. The molecule has 0 unspecified atom stereocenters. The number of H-pyrrole nitrogens is 1. The molecule has 2 aromatic heterocycles. The molecule has 0 spiro atoms. The van der Waals surface area contributed by atoms with Crippen LogP contribution >= 0.6 is 0 Å². The highest BCUT2D eigenvalue weighted by Crippen LogP contribution is 2.42. The Bertz CT molecular complexity index is 1950. The van der Waals surface area contributed by atoms with Gasteiger partial charge in [0.1, 0.15) is 17.2 Å². The molecule has 6 rings (SSSR count). The fraction of sp³-hybridized carbons (Fsp3) is 0.258. The summed E-state index contributed by atoms with van der Waals surface area (Å²) in [4.78, 5) is 36.0. The van der Waals surface area contributed by atoms with Crippen molar-refractivity contribution in [2.45, 2.75) is 18.8 Å². The predicted octanol–water partition coefficient (Wildman–Crippen LogP) is 4.89. The Hall–Kier alpha value is -4.71. The van der Waals surface area contributed by atoms with E-state index in [0.29, 0.717) is 59.2 Å². The summed E-state index contributed by atoms with van der Waals surface area (Å²) in [5, 5.41) is 3.14. The van der Waals surface area contributed by atoms with Gasteiger partial charge in [-0.15, -0.1) is 0 Å². The number of carbonyl (C=O) groups is 2. The van der Waals surface area contributed by atoms with E-state index < -0.39 is 21.7 Å². The number of rotatable bonds is 6. The zero-order valence-electron chi connectivity index (χ0n) is 23.8. The van der Waals surface area contributed by atoms with Crippen LogP contribution in [0.3, 0.4) is 0 Å². The van der Waals surface area contributed by atoms with Gasteiger partial charge in [0.25, 0.3) is 11.8 Å². The number of aromatic amines is 1. The average molecular weight is 604 g/mol. The number of furan rings is 1. The van der Waals surface area contributed by atoms with Crippen molar-refractivity contribution >= 4 is 49.5 Å². The summed E-state index contributed by atoms with van der Waals surface area (Å²) in [6, 6.07) is 16.4. The number of benzene rings is 3. The Morgan fingerprint density at radius 2 is 1.88 bits per heavy atom. The van der Waals surface area contributed by atoms with Gasteiger partial charge in [-0.25, -0.2) is 17.8 Å². The summed E-state index contributed by atoms with van der Waals surface area (Å²) in [5.74, 6) is -0.838. The Kier molecular flexibility index (Phi) is 7.17. The highest BCUT2D eigenvalue weighted by atomic mass is 32.2. The van der Waals surface area contributed by atoms with Crippen molar-refractivity contribution in [2.24, 2.45) is 0 Å². The molecule has 43 heavy (non-hydrogen) atoms. The van der Waals surface area contributed by atoms with E-state index in [1.54, 1.807) is 17.0 Å². The van der Waals surface area contributed by atoms with Crippen LogP contribution in [-0.2, 0) is 10.0 Å². The van der Waals surface area contributed by atoms with Crippen LogP contribution in [0.1, 0.15) is 45.3 Å². The molecule has 3 heterocycles. The van der Waals surface area contributed by atoms with E-state index >= 15 is 0 Å². The maximum absolute atomic E-state index is 13.7. The van der Waals surface area contributed by atoms with Crippen molar-refractivity contribution in [1.29, 1.82) is 0 Å². The number of nitrogens with zero attached hydrogens (tertiary/aromatic N) is 3. The minimum absolute atomic E-state index is 0.241. The first kappa shape index (κ1) is 28.4. The number of halogens is 1. The first-order valence-corrected chi connectivity index (χ1v) is 15.7. The maximum atomic E-state index is 13.7. The fourth-order valence-corrected chi connectivity index (χ4v) is 6.22. The Balaban J connectivity index is 1.46. The topological polar surface area (TPSA) is 129 Å². The number of amides is 2. The quantitative estimate of drug-likeness (QED) is 0.284. The molecule has 1 fully saturated rings. The van der Waals surface area contributed by atoms with Crippen molar-refractivity contribution < 1.29 is 26.8 Å². The second-order valence-corrected chi connectivity index (χ2v) is 12.7. The molecule has 1 aliphatic rings. The first-order valence-electron chi connectivity index (χ1n) is 13.8. The SMILES string of the molecule is CNC(=O)c1c(-c2ccc(F)cc2)oc2cc(N(C)S(C)(=O)=O)c([C@H]3CCCN(C(=O)c4nc5ccccc5[nH]4)C3)cc12. The number of aromatic nitrogens is 2. The van der Waals surface area contributed by atoms with Crippen LogP contribution in [0, 0.1) is 5.82 Å². The number of sulfonamides is 1. The van der Waals surface area contributed by atoms with E-state index in [1.807, 2.05) is 24.3 Å². The molecule has 5 aromatic rings. The number of para-hydroxylation sites is 2. The lowest BCUT2D eigenvalue weighted by molar-refractivity contribution is 0.0696. The normalized spacial score (nSPS) is 15.6.